The standard InChI is InChI=1S/C13H16N2O3/c1-4-18-12(17)13(2)14-11(16)9-7-5-6-8-10(9)15(13)3/h5-8H,4H2,1-3H3,(H,14,16). The Morgan fingerprint density at radius 3 is 2.78 bits per heavy atom. The van der Waals surface area contributed by atoms with Gasteiger partial charge in [-0.15, -0.1) is 0 Å². The van der Waals surface area contributed by atoms with Crippen molar-refractivity contribution in [2.75, 3.05) is 18.6 Å². The molecule has 18 heavy (non-hydrogen) atoms. The van der Waals surface area contributed by atoms with Gasteiger partial charge in [-0.3, -0.25) is 4.79 Å². The van der Waals surface area contributed by atoms with Gasteiger partial charge >= 0.3 is 5.97 Å². The van der Waals surface area contributed by atoms with Crippen molar-refractivity contribution in [3.8, 4) is 0 Å². The maximum atomic E-state index is 12.0. The van der Waals surface area contributed by atoms with Crippen LogP contribution in [0.2, 0.25) is 0 Å². The average molecular weight is 248 g/mol. The smallest absolute Gasteiger partial charge is 0.352 e. The van der Waals surface area contributed by atoms with Crippen LogP contribution < -0.4 is 10.2 Å². The third-order valence-corrected chi connectivity index (χ3v) is 3.21. The third-order valence-electron chi connectivity index (χ3n) is 3.21. The molecule has 5 nitrogen and oxygen atoms in total. The lowest BCUT2D eigenvalue weighted by Gasteiger charge is -2.42. The predicted octanol–water partition coefficient (Wildman–Crippen LogP) is 1.15. The number of likely N-dealkylation sites (N-methyl/N-ethyl adjacent to an activating group) is 1. The molecule has 0 bridgehead atoms. The molecule has 1 N–H and O–H groups in total. The van der Waals surface area contributed by atoms with E-state index in [4.69, 9.17) is 4.74 Å². The topological polar surface area (TPSA) is 58.6 Å². The largest absolute Gasteiger partial charge is 0.463 e. The van der Waals surface area contributed by atoms with Gasteiger partial charge in [-0.05, 0) is 26.0 Å². The van der Waals surface area contributed by atoms with Crippen molar-refractivity contribution in [3.63, 3.8) is 0 Å². The van der Waals surface area contributed by atoms with Crippen molar-refractivity contribution in [3.05, 3.63) is 29.8 Å². The van der Waals surface area contributed by atoms with Gasteiger partial charge < -0.3 is 15.0 Å². The number of fused-ring (bicyclic) bond motifs is 1. The van der Waals surface area contributed by atoms with Gasteiger partial charge in [0.1, 0.15) is 0 Å². The molecule has 0 saturated carbocycles. The predicted molar refractivity (Wildman–Crippen MR) is 67.3 cm³/mol. The molecule has 5 heteroatoms. The maximum absolute atomic E-state index is 12.0. The highest BCUT2D eigenvalue weighted by Crippen LogP contribution is 2.30. The Bertz CT molecular complexity index is 501. The fourth-order valence-electron chi connectivity index (χ4n) is 2.03. The summed E-state index contributed by atoms with van der Waals surface area (Å²) in [5.41, 5.74) is 0.111. The van der Waals surface area contributed by atoms with Crippen LogP contribution in [0.1, 0.15) is 24.2 Å². The Labute approximate surface area is 106 Å². The summed E-state index contributed by atoms with van der Waals surface area (Å²) in [4.78, 5) is 25.7. The second-order valence-electron chi connectivity index (χ2n) is 4.32. The van der Waals surface area contributed by atoms with Crippen molar-refractivity contribution in [2.45, 2.75) is 19.5 Å². The molecule has 1 amide bonds. The zero-order chi connectivity index (χ0) is 13.3. The molecule has 0 saturated heterocycles. The van der Waals surface area contributed by atoms with Crippen LogP contribution >= 0.6 is 0 Å². The number of anilines is 1. The van der Waals surface area contributed by atoms with E-state index in [1.807, 2.05) is 12.1 Å². The van der Waals surface area contributed by atoms with Crippen LogP contribution in [0.25, 0.3) is 0 Å². The van der Waals surface area contributed by atoms with Crippen LogP contribution in [0.3, 0.4) is 0 Å². The molecule has 1 aliphatic heterocycles. The van der Waals surface area contributed by atoms with E-state index >= 15 is 0 Å². The van der Waals surface area contributed by atoms with Crippen molar-refractivity contribution in [1.82, 2.24) is 5.32 Å². The number of hydrogen-bond donors (Lipinski definition) is 1. The molecule has 1 heterocycles. The number of carbonyl (C=O) groups excluding carboxylic acids is 2. The van der Waals surface area contributed by atoms with E-state index in [0.29, 0.717) is 5.56 Å². The SMILES string of the molecule is CCOC(=O)C1(C)NC(=O)c2ccccc2N1C. The monoisotopic (exact) mass is 248 g/mol. The number of ether oxygens (including phenoxy) is 1. The first kappa shape index (κ1) is 12.4. The summed E-state index contributed by atoms with van der Waals surface area (Å²) in [5, 5.41) is 2.70. The molecule has 1 aliphatic rings. The third kappa shape index (κ3) is 1.72. The van der Waals surface area contributed by atoms with E-state index in [9.17, 15) is 9.59 Å². The summed E-state index contributed by atoms with van der Waals surface area (Å²) in [6.07, 6.45) is 0. The molecule has 0 aromatic heterocycles. The lowest BCUT2D eigenvalue weighted by atomic mass is 10.0. The van der Waals surface area contributed by atoms with Gasteiger partial charge in [-0.2, -0.15) is 0 Å². The van der Waals surface area contributed by atoms with Crippen LogP contribution in [0.4, 0.5) is 5.69 Å². The molecule has 0 spiro atoms. The van der Waals surface area contributed by atoms with Crippen LogP contribution in [0.5, 0.6) is 0 Å². The summed E-state index contributed by atoms with van der Waals surface area (Å²) in [6, 6.07) is 7.16. The highest BCUT2D eigenvalue weighted by molar-refractivity contribution is 6.06. The minimum Gasteiger partial charge on any atom is -0.463 e. The average Bonchev–Trinajstić information content (AvgIpc) is 2.36. The van der Waals surface area contributed by atoms with Gasteiger partial charge in [0.15, 0.2) is 0 Å². The first-order chi connectivity index (χ1) is 8.50. The van der Waals surface area contributed by atoms with E-state index in [1.54, 1.807) is 37.9 Å². The van der Waals surface area contributed by atoms with Gasteiger partial charge in [0, 0.05) is 7.05 Å². The first-order valence-electron chi connectivity index (χ1n) is 5.83. The number of para-hydroxylation sites is 1. The number of carbonyl (C=O) groups is 2. The van der Waals surface area contributed by atoms with Crippen LogP contribution in [0.15, 0.2) is 24.3 Å². The van der Waals surface area contributed by atoms with Crippen LogP contribution in [-0.4, -0.2) is 31.2 Å². The lowest BCUT2D eigenvalue weighted by Crippen LogP contribution is -2.66. The number of benzene rings is 1. The lowest BCUT2D eigenvalue weighted by molar-refractivity contribution is -0.150. The van der Waals surface area contributed by atoms with E-state index in [0.717, 1.165) is 5.69 Å². The van der Waals surface area contributed by atoms with Gasteiger partial charge in [0.25, 0.3) is 5.91 Å². The summed E-state index contributed by atoms with van der Waals surface area (Å²) < 4.78 is 5.02. The summed E-state index contributed by atoms with van der Waals surface area (Å²) >= 11 is 0. The second kappa shape index (κ2) is 4.33. The van der Waals surface area contributed by atoms with Gasteiger partial charge in [-0.1, -0.05) is 12.1 Å². The number of hydrogen-bond acceptors (Lipinski definition) is 4. The number of nitrogens with one attached hydrogen (secondary N) is 1. The van der Waals surface area contributed by atoms with Crippen molar-refractivity contribution in [2.24, 2.45) is 0 Å². The van der Waals surface area contributed by atoms with Gasteiger partial charge in [-0.25, -0.2) is 4.79 Å². The molecule has 2 rings (SSSR count). The van der Waals surface area contributed by atoms with Crippen molar-refractivity contribution >= 4 is 17.6 Å². The highest BCUT2D eigenvalue weighted by atomic mass is 16.5. The quantitative estimate of drug-likeness (QED) is 0.797. The van der Waals surface area contributed by atoms with Crippen molar-refractivity contribution < 1.29 is 14.3 Å². The summed E-state index contributed by atoms with van der Waals surface area (Å²) in [5.74, 6) is -0.727. The summed E-state index contributed by atoms with van der Waals surface area (Å²) in [6.45, 7) is 3.65. The Hall–Kier alpha value is -2.04. The van der Waals surface area contributed by atoms with E-state index in [1.165, 1.54) is 0 Å². The fraction of sp³-hybridized carbons (Fsp3) is 0.385. The molecular formula is C13H16N2O3. The normalized spacial score (nSPS) is 22.2. The molecule has 1 aromatic carbocycles. The fourth-order valence-corrected chi connectivity index (χ4v) is 2.03. The Balaban J connectivity index is 2.45. The molecule has 1 atom stereocenters. The van der Waals surface area contributed by atoms with Gasteiger partial charge in [0.05, 0.1) is 17.9 Å². The molecule has 0 aliphatic carbocycles. The molecule has 1 aromatic rings. The zero-order valence-corrected chi connectivity index (χ0v) is 10.7. The highest BCUT2D eigenvalue weighted by Gasteiger charge is 2.45. The Morgan fingerprint density at radius 2 is 2.11 bits per heavy atom. The van der Waals surface area contributed by atoms with E-state index in [2.05, 4.69) is 5.32 Å². The molecule has 96 valence electrons. The first-order valence-corrected chi connectivity index (χ1v) is 5.83. The number of amides is 1. The Kier molecular flexibility index (Phi) is 2.98. The van der Waals surface area contributed by atoms with Crippen LogP contribution in [-0.2, 0) is 9.53 Å². The minimum absolute atomic E-state index is 0.265. The molecule has 1 unspecified atom stereocenters. The molecule has 0 radical (unpaired) electrons. The second-order valence-corrected chi connectivity index (χ2v) is 4.32. The van der Waals surface area contributed by atoms with E-state index in [-0.39, 0.29) is 12.5 Å². The minimum atomic E-state index is -1.17. The number of rotatable bonds is 2. The van der Waals surface area contributed by atoms with Gasteiger partial charge in [0.2, 0.25) is 5.66 Å². The molecule has 0 fully saturated rings. The van der Waals surface area contributed by atoms with E-state index < -0.39 is 11.6 Å². The summed E-state index contributed by atoms with van der Waals surface area (Å²) in [7, 11) is 1.76. The number of esters is 1. The number of nitrogens with zero attached hydrogens (tertiary/aromatic N) is 1. The zero-order valence-electron chi connectivity index (χ0n) is 10.7. The molecular weight excluding hydrogens is 232 g/mol. The Morgan fingerprint density at radius 1 is 1.44 bits per heavy atom. The van der Waals surface area contributed by atoms with Crippen LogP contribution in [0, 0.1) is 0 Å². The van der Waals surface area contributed by atoms with Crippen molar-refractivity contribution in [1.29, 1.82) is 0 Å². The maximum Gasteiger partial charge on any atom is 0.352 e.